The van der Waals surface area contributed by atoms with Gasteiger partial charge in [0.25, 0.3) is 5.78 Å². The monoisotopic (exact) mass is 285 g/mol. The Hall–Kier alpha value is -3.10. The fourth-order valence-electron chi connectivity index (χ4n) is 1.71. The molecule has 9 heteroatoms. The number of rotatable bonds is 5. The molecule has 0 spiro atoms. The lowest BCUT2D eigenvalue weighted by molar-refractivity contribution is 0.0690. The van der Waals surface area contributed by atoms with E-state index in [2.05, 4.69) is 30.4 Å². The predicted octanol–water partition coefficient (Wildman–Crippen LogP) is 0.267. The molecule has 0 unspecified atom stereocenters. The molecule has 0 saturated carbocycles. The van der Waals surface area contributed by atoms with Crippen molar-refractivity contribution in [3.8, 4) is 0 Å². The van der Waals surface area contributed by atoms with E-state index >= 15 is 0 Å². The van der Waals surface area contributed by atoms with Gasteiger partial charge in [-0.05, 0) is 6.07 Å². The van der Waals surface area contributed by atoms with Crippen LogP contribution in [0, 0.1) is 0 Å². The van der Waals surface area contributed by atoms with E-state index in [0.717, 1.165) is 0 Å². The van der Waals surface area contributed by atoms with E-state index in [9.17, 15) is 4.79 Å². The van der Waals surface area contributed by atoms with Crippen LogP contribution in [-0.2, 0) is 6.42 Å². The Kier molecular flexibility index (Phi) is 3.37. The smallest absolute Gasteiger partial charge is 0.356 e. The third-order valence-electron chi connectivity index (χ3n) is 2.69. The van der Waals surface area contributed by atoms with Crippen molar-refractivity contribution in [1.82, 2.24) is 29.5 Å². The van der Waals surface area contributed by atoms with E-state index in [1.807, 2.05) is 0 Å². The van der Waals surface area contributed by atoms with Crippen LogP contribution in [0.5, 0.6) is 0 Å². The number of nitrogens with one attached hydrogen (secondary N) is 1. The van der Waals surface area contributed by atoms with Gasteiger partial charge in [0.05, 0.1) is 12.4 Å². The van der Waals surface area contributed by atoms with Crippen molar-refractivity contribution in [2.24, 2.45) is 0 Å². The van der Waals surface area contributed by atoms with Gasteiger partial charge in [-0.2, -0.15) is 4.98 Å². The Labute approximate surface area is 118 Å². The number of aromatic nitrogens is 6. The van der Waals surface area contributed by atoms with Crippen LogP contribution in [-0.4, -0.2) is 47.2 Å². The minimum Gasteiger partial charge on any atom is -0.476 e. The maximum absolute atomic E-state index is 10.6. The lowest BCUT2D eigenvalue weighted by Crippen LogP contribution is -2.09. The third-order valence-corrected chi connectivity index (χ3v) is 2.69. The van der Waals surface area contributed by atoms with E-state index in [1.54, 1.807) is 23.0 Å². The number of hydrogen-bond donors (Lipinski definition) is 2. The number of anilines is 1. The van der Waals surface area contributed by atoms with Crippen molar-refractivity contribution < 1.29 is 9.90 Å². The van der Waals surface area contributed by atoms with Crippen LogP contribution in [0.15, 0.2) is 30.9 Å². The van der Waals surface area contributed by atoms with Crippen LogP contribution in [0.3, 0.4) is 0 Å². The van der Waals surface area contributed by atoms with Gasteiger partial charge in [-0.15, -0.1) is 5.10 Å². The van der Waals surface area contributed by atoms with E-state index < -0.39 is 5.97 Å². The van der Waals surface area contributed by atoms with Crippen molar-refractivity contribution in [2.45, 2.75) is 6.42 Å². The summed E-state index contributed by atoms with van der Waals surface area (Å²) in [7, 11) is 0. The molecule has 3 rings (SSSR count). The Balaban J connectivity index is 1.59. The molecule has 9 nitrogen and oxygen atoms in total. The molecule has 0 fully saturated rings. The molecular formula is C12H11N7O2. The Bertz CT molecular complexity index is 736. The van der Waals surface area contributed by atoms with Gasteiger partial charge in [-0.3, -0.25) is 0 Å². The molecular weight excluding hydrogens is 274 g/mol. The maximum atomic E-state index is 10.6. The highest BCUT2D eigenvalue weighted by atomic mass is 16.4. The number of fused-ring (bicyclic) bond motifs is 1. The highest BCUT2D eigenvalue weighted by Crippen LogP contribution is 2.02. The zero-order valence-electron chi connectivity index (χ0n) is 10.8. The van der Waals surface area contributed by atoms with Crippen molar-refractivity contribution >= 4 is 17.6 Å². The van der Waals surface area contributed by atoms with Crippen LogP contribution in [0.1, 0.15) is 16.3 Å². The third kappa shape index (κ3) is 2.91. The molecule has 0 aromatic carbocycles. The Morgan fingerprint density at radius 2 is 2.19 bits per heavy atom. The highest BCUT2D eigenvalue weighted by molar-refractivity contribution is 5.84. The van der Waals surface area contributed by atoms with Gasteiger partial charge in [-0.1, -0.05) is 0 Å². The molecule has 21 heavy (non-hydrogen) atoms. The fourth-order valence-corrected chi connectivity index (χ4v) is 1.71. The number of aromatic carboxylic acids is 1. The normalized spacial score (nSPS) is 10.7. The highest BCUT2D eigenvalue weighted by Gasteiger charge is 2.06. The van der Waals surface area contributed by atoms with Crippen molar-refractivity contribution in [3.63, 3.8) is 0 Å². The average molecular weight is 285 g/mol. The van der Waals surface area contributed by atoms with Gasteiger partial charge in [0, 0.05) is 25.4 Å². The number of nitrogens with zero attached hydrogens (tertiary/aromatic N) is 6. The second kappa shape index (κ2) is 5.49. The molecule has 3 heterocycles. The standard InChI is InChI=1S/C12H11N7O2/c20-11(21)8-6-16-10(7-15-8)13-4-2-9-17-12-14-3-1-5-19(12)18-9/h1,3,5-7H,2,4H2,(H,13,16)(H,20,21). The Morgan fingerprint density at radius 1 is 1.29 bits per heavy atom. The van der Waals surface area contributed by atoms with Gasteiger partial charge in [-0.25, -0.2) is 24.3 Å². The van der Waals surface area contributed by atoms with Gasteiger partial charge >= 0.3 is 5.97 Å². The van der Waals surface area contributed by atoms with Gasteiger partial charge in [0.15, 0.2) is 11.5 Å². The zero-order valence-corrected chi connectivity index (χ0v) is 10.8. The summed E-state index contributed by atoms with van der Waals surface area (Å²) in [4.78, 5) is 26.7. The summed E-state index contributed by atoms with van der Waals surface area (Å²) in [5.74, 6) is 0.617. The van der Waals surface area contributed by atoms with Crippen molar-refractivity contribution in [3.05, 3.63) is 42.4 Å². The molecule has 0 aliphatic rings. The molecule has 0 atom stereocenters. The molecule has 3 aromatic rings. The molecule has 2 N–H and O–H groups in total. The van der Waals surface area contributed by atoms with Gasteiger partial charge in [0.1, 0.15) is 5.82 Å². The molecule has 0 bridgehead atoms. The molecule has 0 amide bonds. The van der Waals surface area contributed by atoms with E-state index in [1.165, 1.54) is 12.4 Å². The van der Waals surface area contributed by atoms with Crippen LogP contribution < -0.4 is 5.32 Å². The first-order valence-corrected chi connectivity index (χ1v) is 6.18. The second-order valence-electron chi connectivity index (χ2n) is 4.16. The summed E-state index contributed by atoms with van der Waals surface area (Å²) in [5.41, 5.74) is -0.0892. The minimum absolute atomic E-state index is 0.0892. The largest absolute Gasteiger partial charge is 0.476 e. The minimum atomic E-state index is -1.10. The topological polar surface area (TPSA) is 118 Å². The molecule has 0 aliphatic carbocycles. The number of carboxylic acids is 1. The van der Waals surface area contributed by atoms with E-state index in [-0.39, 0.29) is 5.69 Å². The first-order valence-electron chi connectivity index (χ1n) is 6.18. The number of hydrogen-bond acceptors (Lipinski definition) is 7. The summed E-state index contributed by atoms with van der Waals surface area (Å²) in [6, 6.07) is 1.78. The van der Waals surface area contributed by atoms with E-state index in [0.29, 0.717) is 30.4 Å². The Morgan fingerprint density at radius 3 is 2.90 bits per heavy atom. The van der Waals surface area contributed by atoms with Gasteiger partial charge < -0.3 is 10.4 Å². The molecule has 106 valence electrons. The molecule has 3 aromatic heterocycles. The van der Waals surface area contributed by atoms with Crippen molar-refractivity contribution in [2.75, 3.05) is 11.9 Å². The van der Waals surface area contributed by atoms with Crippen LogP contribution >= 0.6 is 0 Å². The molecule has 0 saturated heterocycles. The van der Waals surface area contributed by atoms with Gasteiger partial charge in [0.2, 0.25) is 0 Å². The molecule has 0 radical (unpaired) electrons. The lowest BCUT2D eigenvalue weighted by atomic mass is 10.4. The average Bonchev–Trinajstić information content (AvgIpc) is 2.90. The first kappa shape index (κ1) is 12.9. The molecule has 0 aliphatic heterocycles. The summed E-state index contributed by atoms with van der Waals surface area (Å²) in [6.45, 7) is 0.554. The SMILES string of the molecule is O=C(O)c1cnc(NCCc2nc3ncccn3n2)cn1. The summed E-state index contributed by atoms with van der Waals surface area (Å²) >= 11 is 0. The fraction of sp³-hybridized carbons (Fsp3) is 0.167. The second-order valence-corrected chi connectivity index (χ2v) is 4.16. The maximum Gasteiger partial charge on any atom is 0.356 e. The first-order chi connectivity index (χ1) is 10.2. The van der Waals surface area contributed by atoms with Crippen LogP contribution in [0.4, 0.5) is 5.82 Å². The van der Waals surface area contributed by atoms with Crippen molar-refractivity contribution in [1.29, 1.82) is 0 Å². The number of carboxylic acid groups (broad SMARTS) is 1. The summed E-state index contributed by atoms with van der Waals surface area (Å²) in [5, 5.41) is 16.0. The van der Waals surface area contributed by atoms with E-state index in [4.69, 9.17) is 5.11 Å². The lowest BCUT2D eigenvalue weighted by Gasteiger charge is -2.02. The predicted molar refractivity (Wildman–Crippen MR) is 72.0 cm³/mol. The zero-order chi connectivity index (χ0) is 14.7. The summed E-state index contributed by atoms with van der Waals surface area (Å²) < 4.78 is 1.61. The number of carbonyl (C=O) groups is 1. The summed E-state index contributed by atoms with van der Waals surface area (Å²) in [6.07, 6.45) is 6.61. The van der Waals surface area contributed by atoms with Crippen LogP contribution in [0.25, 0.3) is 5.78 Å². The quantitative estimate of drug-likeness (QED) is 0.685. The van der Waals surface area contributed by atoms with Crippen LogP contribution in [0.2, 0.25) is 0 Å².